The highest BCUT2D eigenvalue weighted by atomic mass is 35.5. The normalized spacial score (nSPS) is 12.3. The van der Waals surface area contributed by atoms with Gasteiger partial charge in [-0.3, -0.25) is 9.59 Å². The molecule has 2 atom stereocenters. The molecule has 0 spiro atoms. The fourth-order valence-corrected chi connectivity index (χ4v) is 2.93. The first-order valence-electron chi connectivity index (χ1n) is 9.62. The Kier molecular flexibility index (Phi) is 10.4. The Morgan fingerprint density at radius 1 is 1.17 bits per heavy atom. The molecule has 0 saturated heterocycles. The molecule has 2 aromatic rings. The van der Waals surface area contributed by atoms with Crippen LogP contribution in [-0.4, -0.2) is 29.4 Å². The number of hydrogen-bond donors (Lipinski definition) is 3. The predicted octanol–water partition coefficient (Wildman–Crippen LogP) is -0.00730. The number of carbonyl (C=O) groups excluding carboxylic acids is 2. The van der Waals surface area contributed by atoms with Crippen LogP contribution in [0.1, 0.15) is 49.2 Å². The van der Waals surface area contributed by atoms with Crippen molar-refractivity contribution in [3.63, 3.8) is 0 Å². The zero-order valence-corrected chi connectivity index (χ0v) is 18.1. The summed E-state index contributed by atoms with van der Waals surface area (Å²) >= 11 is 0. The number of nitrogens with one attached hydrogen (secondary N) is 1. The van der Waals surface area contributed by atoms with Crippen LogP contribution in [0.15, 0.2) is 60.2 Å². The van der Waals surface area contributed by atoms with Crippen LogP contribution in [0.5, 0.6) is 0 Å². The molecule has 0 radical (unpaired) electrons. The van der Waals surface area contributed by atoms with E-state index in [-0.39, 0.29) is 36.0 Å². The Hall–Kier alpha value is -2.54. The minimum absolute atomic E-state index is 0. The highest BCUT2D eigenvalue weighted by molar-refractivity contribution is 6.01. The fourth-order valence-electron chi connectivity index (χ4n) is 2.93. The molecule has 162 valence electrons. The molecule has 2 rings (SSSR count). The molecule has 0 fully saturated rings. The lowest BCUT2D eigenvalue weighted by Crippen LogP contribution is -3.00. The number of ketones is 1. The highest BCUT2D eigenvalue weighted by Gasteiger charge is 2.19. The van der Waals surface area contributed by atoms with Gasteiger partial charge in [-0.05, 0) is 50.6 Å². The molecule has 30 heavy (non-hydrogen) atoms. The number of hydrogen-bond acceptors (Lipinski definition) is 3. The van der Waals surface area contributed by atoms with Crippen LogP contribution >= 0.6 is 0 Å². The molecule has 2 unspecified atom stereocenters. The first kappa shape index (κ1) is 25.5. The molecule has 0 aliphatic carbocycles. The van der Waals surface area contributed by atoms with Crippen molar-refractivity contribution in [3.05, 3.63) is 77.1 Å². The van der Waals surface area contributed by atoms with Gasteiger partial charge in [-0.15, -0.1) is 0 Å². The number of quaternary nitrogens is 1. The minimum atomic E-state index is -0.751. The summed E-state index contributed by atoms with van der Waals surface area (Å²) in [5.41, 5.74) is 2.63. The van der Waals surface area contributed by atoms with Crippen molar-refractivity contribution in [3.8, 4) is 0 Å². The van der Waals surface area contributed by atoms with E-state index in [1.165, 1.54) is 18.2 Å². The second-order valence-electron chi connectivity index (χ2n) is 7.34. The Balaban J connectivity index is 0.00000450. The van der Waals surface area contributed by atoms with Crippen molar-refractivity contribution in [2.24, 2.45) is 0 Å². The maximum atomic E-state index is 13.0. The Bertz CT molecular complexity index is 880. The van der Waals surface area contributed by atoms with Gasteiger partial charge in [-0.25, -0.2) is 4.39 Å². The van der Waals surface area contributed by atoms with Gasteiger partial charge in [-0.2, -0.15) is 0 Å². The molecule has 0 heterocycles. The number of allylic oxidation sites excluding steroid dienone is 1. The van der Waals surface area contributed by atoms with E-state index < -0.39 is 6.10 Å². The first-order chi connectivity index (χ1) is 13.8. The lowest BCUT2D eigenvalue weighted by atomic mass is 10.0. The standard InChI is InChI=1S/C23H27FN2O3.ClH/c1-15(2)13-22(28)26-20-6-4-5-18(14-20)21(27)11-12-25-16(3)23(29)17-7-9-19(24)10-8-17;/h4-10,13-14,16,23,25,29H,11-12H2,1-3H3,(H,26,28);1H. The van der Waals surface area contributed by atoms with Gasteiger partial charge < -0.3 is 28.1 Å². The number of rotatable bonds is 9. The van der Waals surface area contributed by atoms with E-state index in [1.54, 1.807) is 36.4 Å². The molecule has 0 aliphatic heterocycles. The number of aliphatic hydroxyl groups excluding tert-OH is 1. The number of aliphatic hydroxyl groups is 1. The third-order valence-corrected chi connectivity index (χ3v) is 4.49. The van der Waals surface area contributed by atoms with Crippen LogP contribution in [0.3, 0.4) is 0 Å². The van der Waals surface area contributed by atoms with E-state index in [4.69, 9.17) is 0 Å². The van der Waals surface area contributed by atoms with Crippen molar-refractivity contribution in [2.75, 3.05) is 11.9 Å². The molecule has 7 heteroatoms. The summed E-state index contributed by atoms with van der Waals surface area (Å²) in [5, 5.41) is 15.0. The zero-order chi connectivity index (χ0) is 21.4. The Labute approximate surface area is 182 Å². The molecule has 0 aromatic heterocycles. The molecular weight excluding hydrogens is 407 g/mol. The van der Waals surface area contributed by atoms with Crippen LogP contribution in [-0.2, 0) is 4.79 Å². The van der Waals surface area contributed by atoms with Gasteiger partial charge in [0, 0.05) is 17.3 Å². The number of Topliss-reactive ketones (excluding diaryl/α,β-unsaturated/α-hetero) is 1. The van der Waals surface area contributed by atoms with Crippen LogP contribution in [0.4, 0.5) is 10.1 Å². The number of nitrogens with two attached hydrogens (primary N) is 1. The summed E-state index contributed by atoms with van der Waals surface area (Å²) in [4.78, 5) is 24.3. The molecule has 2 aromatic carbocycles. The largest absolute Gasteiger partial charge is 1.00 e. The predicted molar refractivity (Wildman–Crippen MR) is 111 cm³/mol. The average Bonchev–Trinajstić information content (AvgIpc) is 2.67. The molecule has 4 N–H and O–H groups in total. The van der Waals surface area contributed by atoms with E-state index in [0.29, 0.717) is 29.8 Å². The Morgan fingerprint density at radius 3 is 2.47 bits per heavy atom. The van der Waals surface area contributed by atoms with Crippen molar-refractivity contribution in [2.45, 2.75) is 39.3 Å². The van der Waals surface area contributed by atoms with E-state index in [9.17, 15) is 19.1 Å². The highest BCUT2D eigenvalue weighted by Crippen LogP contribution is 2.15. The molecule has 0 bridgehead atoms. The SMILES string of the molecule is CC(C)=CC(=O)Nc1cccc(C(=O)CC[NH2+]C(C)C(O)c2ccc(F)cc2)c1.[Cl-]. The summed E-state index contributed by atoms with van der Waals surface area (Å²) < 4.78 is 13.0. The van der Waals surface area contributed by atoms with Gasteiger partial charge in [0.1, 0.15) is 18.0 Å². The van der Waals surface area contributed by atoms with Crippen LogP contribution < -0.4 is 23.0 Å². The first-order valence-corrected chi connectivity index (χ1v) is 9.62. The summed E-state index contributed by atoms with van der Waals surface area (Å²) in [5.74, 6) is -0.614. The number of amides is 1. The average molecular weight is 435 g/mol. The third kappa shape index (κ3) is 8.06. The number of anilines is 1. The molecule has 0 saturated carbocycles. The summed E-state index contributed by atoms with van der Waals surface area (Å²) in [6.45, 7) is 6.04. The van der Waals surface area contributed by atoms with Gasteiger partial charge in [0.05, 0.1) is 13.0 Å². The second kappa shape index (κ2) is 12.2. The quantitative estimate of drug-likeness (QED) is 0.383. The van der Waals surface area contributed by atoms with E-state index >= 15 is 0 Å². The van der Waals surface area contributed by atoms with Gasteiger partial charge in [0.25, 0.3) is 0 Å². The van der Waals surface area contributed by atoms with Gasteiger partial charge in [0.15, 0.2) is 5.78 Å². The molecule has 0 aliphatic rings. The zero-order valence-electron chi connectivity index (χ0n) is 17.4. The number of carbonyl (C=O) groups is 2. The van der Waals surface area contributed by atoms with Crippen LogP contribution in [0, 0.1) is 5.82 Å². The number of halogens is 2. The van der Waals surface area contributed by atoms with Gasteiger partial charge in [-0.1, -0.05) is 29.8 Å². The van der Waals surface area contributed by atoms with Gasteiger partial charge >= 0.3 is 0 Å². The van der Waals surface area contributed by atoms with E-state index in [1.807, 2.05) is 26.1 Å². The lowest BCUT2D eigenvalue weighted by Gasteiger charge is -2.17. The smallest absolute Gasteiger partial charge is 0.248 e. The summed E-state index contributed by atoms with van der Waals surface area (Å²) in [7, 11) is 0. The number of benzene rings is 2. The van der Waals surface area contributed by atoms with Crippen molar-refractivity contribution in [1.82, 2.24) is 0 Å². The molecular formula is C23H28ClFN2O3. The second-order valence-corrected chi connectivity index (χ2v) is 7.34. The van der Waals surface area contributed by atoms with E-state index in [2.05, 4.69) is 5.32 Å². The molecule has 1 amide bonds. The van der Waals surface area contributed by atoms with Crippen molar-refractivity contribution < 1.29 is 36.8 Å². The minimum Gasteiger partial charge on any atom is -1.00 e. The third-order valence-electron chi connectivity index (χ3n) is 4.49. The topological polar surface area (TPSA) is 83.0 Å². The fraction of sp³-hybridized carbons (Fsp3) is 0.304. The maximum absolute atomic E-state index is 13.0. The molecule has 5 nitrogen and oxygen atoms in total. The maximum Gasteiger partial charge on any atom is 0.248 e. The summed E-state index contributed by atoms with van der Waals surface area (Å²) in [6.07, 6.45) is 1.04. The van der Waals surface area contributed by atoms with E-state index in [0.717, 1.165) is 5.57 Å². The van der Waals surface area contributed by atoms with Crippen LogP contribution in [0.2, 0.25) is 0 Å². The Morgan fingerprint density at radius 2 is 1.83 bits per heavy atom. The monoisotopic (exact) mass is 434 g/mol. The van der Waals surface area contributed by atoms with Crippen molar-refractivity contribution >= 4 is 17.4 Å². The van der Waals surface area contributed by atoms with Crippen molar-refractivity contribution in [1.29, 1.82) is 0 Å². The lowest BCUT2D eigenvalue weighted by molar-refractivity contribution is -0.693. The van der Waals surface area contributed by atoms with Gasteiger partial charge in [0.2, 0.25) is 5.91 Å². The van der Waals surface area contributed by atoms with Crippen LogP contribution in [0.25, 0.3) is 0 Å². The summed E-state index contributed by atoms with van der Waals surface area (Å²) in [6, 6.07) is 12.4.